The third kappa shape index (κ3) is 4.17. The summed E-state index contributed by atoms with van der Waals surface area (Å²) >= 11 is 1.13. The van der Waals surface area contributed by atoms with Gasteiger partial charge in [0.1, 0.15) is 5.25 Å². The number of aromatic amines is 1. The summed E-state index contributed by atoms with van der Waals surface area (Å²) in [6.07, 6.45) is 1.30. The van der Waals surface area contributed by atoms with Crippen molar-refractivity contribution in [3.8, 4) is 0 Å². The minimum atomic E-state index is -0.610. The fraction of sp³-hybridized carbons (Fsp3) is 0.235. The van der Waals surface area contributed by atoms with E-state index in [-0.39, 0.29) is 23.8 Å². The van der Waals surface area contributed by atoms with Crippen molar-refractivity contribution < 1.29 is 19.1 Å². The van der Waals surface area contributed by atoms with E-state index in [1.807, 2.05) is 6.07 Å². The highest BCUT2D eigenvalue weighted by molar-refractivity contribution is 8.15. The van der Waals surface area contributed by atoms with E-state index in [1.165, 1.54) is 18.3 Å². The SMILES string of the molecule is COC(=O)CC1S/C(=N\c2nc[nH]c2C(=O)Nc2ccccc2)N(C)C1=O. The van der Waals surface area contributed by atoms with Gasteiger partial charge in [0.2, 0.25) is 5.91 Å². The van der Waals surface area contributed by atoms with Crippen LogP contribution in [0.5, 0.6) is 0 Å². The van der Waals surface area contributed by atoms with Gasteiger partial charge in [-0.2, -0.15) is 0 Å². The summed E-state index contributed by atoms with van der Waals surface area (Å²) in [5.74, 6) is -0.974. The van der Waals surface area contributed by atoms with Crippen LogP contribution in [0.3, 0.4) is 0 Å². The summed E-state index contributed by atoms with van der Waals surface area (Å²) in [7, 11) is 2.83. The summed E-state index contributed by atoms with van der Waals surface area (Å²) in [4.78, 5) is 48.7. The van der Waals surface area contributed by atoms with Gasteiger partial charge in [-0.25, -0.2) is 9.98 Å². The molecular weight excluding hydrogens is 370 g/mol. The van der Waals surface area contributed by atoms with E-state index in [0.29, 0.717) is 10.9 Å². The average Bonchev–Trinajstić information content (AvgIpc) is 3.23. The number of aromatic nitrogens is 2. The Bertz CT molecular complexity index is 896. The predicted molar refractivity (Wildman–Crippen MR) is 101 cm³/mol. The zero-order valence-corrected chi connectivity index (χ0v) is 15.4. The summed E-state index contributed by atoms with van der Waals surface area (Å²) in [5.41, 5.74) is 0.806. The van der Waals surface area contributed by atoms with E-state index >= 15 is 0 Å². The van der Waals surface area contributed by atoms with E-state index < -0.39 is 17.1 Å². The molecule has 1 aliphatic heterocycles. The molecule has 0 saturated carbocycles. The number of amides is 2. The summed E-state index contributed by atoms with van der Waals surface area (Å²) < 4.78 is 4.61. The number of nitrogens with one attached hydrogen (secondary N) is 2. The fourth-order valence-corrected chi connectivity index (χ4v) is 3.50. The molecule has 1 aromatic heterocycles. The van der Waals surface area contributed by atoms with Gasteiger partial charge < -0.3 is 15.0 Å². The molecule has 0 radical (unpaired) electrons. The Morgan fingerprint density at radius 3 is 2.81 bits per heavy atom. The number of esters is 1. The number of nitrogens with zero attached hydrogens (tertiary/aromatic N) is 3. The van der Waals surface area contributed by atoms with Crippen LogP contribution in [0.2, 0.25) is 0 Å². The number of para-hydroxylation sites is 1. The lowest BCUT2D eigenvalue weighted by Gasteiger charge is -2.08. The Labute approximate surface area is 159 Å². The van der Waals surface area contributed by atoms with E-state index in [4.69, 9.17) is 0 Å². The van der Waals surface area contributed by atoms with Crippen molar-refractivity contribution in [3.05, 3.63) is 42.4 Å². The second kappa shape index (κ2) is 8.04. The second-order valence-corrected chi connectivity index (χ2v) is 6.77. The molecule has 0 bridgehead atoms. The Balaban J connectivity index is 1.78. The molecule has 140 valence electrons. The Hall–Kier alpha value is -3.14. The molecule has 1 atom stereocenters. The number of carbonyl (C=O) groups is 3. The number of amidine groups is 1. The average molecular weight is 387 g/mol. The standard InChI is InChI=1S/C17H17N5O4S/c1-22-16(25)11(8-12(23)26-2)27-17(22)21-14-13(18-9-19-14)15(24)20-10-6-4-3-5-7-10/h3-7,9,11H,8H2,1-2H3,(H,18,19)(H,20,24)/b21-17-. The number of anilines is 1. The van der Waals surface area contributed by atoms with Crippen molar-refractivity contribution in [1.82, 2.24) is 14.9 Å². The van der Waals surface area contributed by atoms with Crippen LogP contribution in [0.15, 0.2) is 41.7 Å². The van der Waals surface area contributed by atoms with Crippen LogP contribution in [0.25, 0.3) is 0 Å². The van der Waals surface area contributed by atoms with Gasteiger partial charge >= 0.3 is 5.97 Å². The van der Waals surface area contributed by atoms with Gasteiger partial charge in [0.25, 0.3) is 5.91 Å². The maximum Gasteiger partial charge on any atom is 0.307 e. The molecule has 2 aromatic rings. The maximum absolute atomic E-state index is 12.5. The van der Waals surface area contributed by atoms with E-state index in [9.17, 15) is 14.4 Å². The van der Waals surface area contributed by atoms with Crippen LogP contribution >= 0.6 is 11.8 Å². The van der Waals surface area contributed by atoms with E-state index in [2.05, 4.69) is 25.0 Å². The zero-order chi connectivity index (χ0) is 19.4. The highest BCUT2D eigenvalue weighted by Crippen LogP contribution is 2.31. The van der Waals surface area contributed by atoms with Crippen molar-refractivity contribution in [3.63, 3.8) is 0 Å². The summed E-state index contributed by atoms with van der Waals surface area (Å²) in [5, 5.41) is 2.49. The number of rotatable bonds is 5. The molecule has 2 amide bonds. The largest absolute Gasteiger partial charge is 0.469 e. The molecule has 10 heteroatoms. The molecule has 3 rings (SSSR count). The lowest BCUT2D eigenvalue weighted by molar-refractivity contribution is -0.142. The van der Waals surface area contributed by atoms with Gasteiger partial charge in [0.05, 0.1) is 19.9 Å². The van der Waals surface area contributed by atoms with Crippen LogP contribution in [0.1, 0.15) is 16.9 Å². The monoisotopic (exact) mass is 387 g/mol. The number of aliphatic imine (C=N–C) groups is 1. The first-order valence-electron chi connectivity index (χ1n) is 7.99. The van der Waals surface area contributed by atoms with Crippen LogP contribution < -0.4 is 5.32 Å². The number of thioether (sulfide) groups is 1. The van der Waals surface area contributed by atoms with Gasteiger partial charge in [-0.1, -0.05) is 30.0 Å². The normalized spacial score (nSPS) is 18.0. The number of carbonyl (C=O) groups excluding carboxylic acids is 3. The van der Waals surface area contributed by atoms with Crippen LogP contribution in [-0.4, -0.2) is 57.2 Å². The number of H-pyrrole nitrogens is 1. The maximum atomic E-state index is 12.5. The molecule has 1 aliphatic rings. The Morgan fingerprint density at radius 1 is 1.37 bits per heavy atom. The summed E-state index contributed by atoms with van der Waals surface area (Å²) in [6, 6.07) is 8.98. The van der Waals surface area contributed by atoms with E-state index in [0.717, 1.165) is 11.8 Å². The summed E-state index contributed by atoms with van der Waals surface area (Å²) in [6.45, 7) is 0. The molecule has 1 fully saturated rings. The first-order valence-corrected chi connectivity index (χ1v) is 8.87. The second-order valence-electron chi connectivity index (χ2n) is 5.60. The molecule has 1 saturated heterocycles. The molecular formula is C17H17N5O4S. The highest BCUT2D eigenvalue weighted by Gasteiger charge is 2.37. The molecule has 0 spiro atoms. The number of benzene rings is 1. The van der Waals surface area contributed by atoms with Gasteiger partial charge in [-0.05, 0) is 12.1 Å². The molecule has 1 aromatic carbocycles. The first kappa shape index (κ1) is 18.6. The zero-order valence-electron chi connectivity index (χ0n) is 14.6. The lowest BCUT2D eigenvalue weighted by atomic mass is 10.3. The van der Waals surface area contributed by atoms with Crippen LogP contribution in [0, 0.1) is 0 Å². The predicted octanol–water partition coefficient (Wildman–Crippen LogP) is 1.79. The van der Waals surface area contributed by atoms with Crippen molar-refractivity contribution >= 4 is 46.2 Å². The molecule has 9 nitrogen and oxygen atoms in total. The quantitative estimate of drug-likeness (QED) is 0.756. The van der Waals surface area contributed by atoms with Crippen molar-refractivity contribution in [1.29, 1.82) is 0 Å². The third-order valence-electron chi connectivity index (χ3n) is 3.80. The molecule has 27 heavy (non-hydrogen) atoms. The van der Waals surface area contributed by atoms with Gasteiger partial charge in [-0.3, -0.25) is 19.3 Å². The number of methoxy groups -OCH3 is 1. The van der Waals surface area contributed by atoms with Gasteiger partial charge in [0, 0.05) is 12.7 Å². The topological polar surface area (TPSA) is 117 Å². The third-order valence-corrected chi connectivity index (χ3v) is 5.03. The van der Waals surface area contributed by atoms with Gasteiger partial charge in [0.15, 0.2) is 16.7 Å². The van der Waals surface area contributed by atoms with Crippen LogP contribution in [0.4, 0.5) is 11.5 Å². The molecule has 2 N–H and O–H groups in total. The smallest absolute Gasteiger partial charge is 0.307 e. The fourth-order valence-electron chi connectivity index (χ4n) is 2.38. The molecule has 0 aliphatic carbocycles. The molecule has 1 unspecified atom stereocenters. The number of hydrogen-bond donors (Lipinski definition) is 2. The highest BCUT2D eigenvalue weighted by atomic mass is 32.2. The first-order chi connectivity index (χ1) is 13.0. The van der Waals surface area contributed by atoms with Crippen molar-refractivity contribution in [2.45, 2.75) is 11.7 Å². The van der Waals surface area contributed by atoms with Crippen molar-refractivity contribution in [2.24, 2.45) is 4.99 Å². The Morgan fingerprint density at radius 2 is 2.11 bits per heavy atom. The molecule has 2 heterocycles. The number of hydrogen-bond acceptors (Lipinski definition) is 7. The minimum Gasteiger partial charge on any atom is -0.469 e. The minimum absolute atomic E-state index is 0.0503. The van der Waals surface area contributed by atoms with Crippen molar-refractivity contribution in [2.75, 3.05) is 19.5 Å². The lowest BCUT2D eigenvalue weighted by Crippen LogP contribution is -2.29. The van der Waals surface area contributed by atoms with Gasteiger partial charge in [-0.15, -0.1) is 0 Å². The number of ether oxygens (including phenoxy) is 1. The number of imidazole rings is 1. The van der Waals surface area contributed by atoms with Crippen LogP contribution in [-0.2, 0) is 14.3 Å². The van der Waals surface area contributed by atoms with E-state index in [1.54, 1.807) is 31.3 Å². The Kier molecular flexibility index (Phi) is 5.55.